The zero-order valence-corrected chi connectivity index (χ0v) is 11.4. The third kappa shape index (κ3) is 2.09. The Bertz CT molecular complexity index is 543. The van der Waals surface area contributed by atoms with Crippen LogP contribution in [-0.4, -0.2) is 27.7 Å². The van der Waals surface area contributed by atoms with Crippen LogP contribution in [0.5, 0.6) is 0 Å². The maximum absolute atomic E-state index is 4.65. The van der Waals surface area contributed by atoms with Crippen molar-refractivity contribution in [3.8, 4) is 0 Å². The van der Waals surface area contributed by atoms with Gasteiger partial charge in [0.2, 0.25) is 0 Å². The standard InChI is InChI=1S/C12H15BrN4/c1-8-6-10(13)17-11(7-8)15-12(16-17)9-2-4-14-5-3-9/h6-7,9,14H,2-5H2,1H3. The highest BCUT2D eigenvalue weighted by atomic mass is 79.9. The van der Waals surface area contributed by atoms with E-state index in [2.05, 4.69) is 50.4 Å². The van der Waals surface area contributed by atoms with Crippen LogP contribution in [0.4, 0.5) is 0 Å². The zero-order chi connectivity index (χ0) is 11.8. The molecular weight excluding hydrogens is 280 g/mol. The lowest BCUT2D eigenvalue weighted by Gasteiger charge is -2.19. The van der Waals surface area contributed by atoms with E-state index in [1.807, 2.05) is 4.52 Å². The Kier molecular flexibility index (Phi) is 2.88. The Balaban J connectivity index is 2.03. The third-order valence-corrected chi connectivity index (χ3v) is 3.82. The number of aryl methyl sites for hydroxylation is 1. The molecule has 0 saturated carbocycles. The fraction of sp³-hybridized carbons (Fsp3) is 0.500. The van der Waals surface area contributed by atoms with Crippen LogP contribution in [0, 0.1) is 6.92 Å². The minimum Gasteiger partial charge on any atom is -0.317 e. The molecule has 17 heavy (non-hydrogen) atoms. The quantitative estimate of drug-likeness (QED) is 0.821. The first kappa shape index (κ1) is 11.2. The summed E-state index contributed by atoms with van der Waals surface area (Å²) in [5, 5.41) is 7.98. The lowest BCUT2D eigenvalue weighted by atomic mass is 9.98. The Hall–Kier alpha value is -0.940. The normalized spacial score (nSPS) is 17.8. The van der Waals surface area contributed by atoms with E-state index in [0.717, 1.165) is 42.0 Å². The fourth-order valence-electron chi connectivity index (χ4n) is 2.34. The van der Waals surface area contributed by atoms with E-state index in [1.165, 1.54) is 5.56 Å². The van der Waals surface area contributed by atoms with Crippen molar-refractivity contribution in [3.63, 3.8) is 0 Å². The SMILES string of the molecule is Cc1cc(Br)n2nc(C3CCNCC3)nc2c1. The molecule has 2 aromatic rings. The second-order valence-corrected chi connectivity index (χ2v) is 5.43. The molecule has 4 nitrogen and oxygen atoms in total. The van der Waals surface area contributed by atoms with Gasteiger partial charge in [-0.1, -0.05) is 0 Å². The number of hydrogen-bond donors (Lipinski definition) is 1. The molecule has 1 fully saturated rings. The molecule has 0 aromatic carbocycles. The van der Waals surface area contributed by atoms with E-state index in [4.69, 9.17) is 0 Å². The number of rotatable bonds is 1. The lowest BCUT2D eigenvalue weighted by molar-refractivity contribution is 0.445. The third-order valence-electron chi connectivity index (χ3n) is 3.26. The van der Waals surface area contributed by atoms with E-state index >= 15 is 0 Å². The van der Waals surface area contributed by atoms with Crippen LogP contribution in [0.2, 0.25) is 0 Å². The topological polar surface area (TPSA) is 42.2 Å². The van der Waals surface area contributed by atoms with Gasteiger partial charge in [0.15, 0.2) is 11.5 Å². The van der Waals surface area contributed by atoms with Gasteiger partial charge in [0.25, 0.3) is 0 Å². The molecule has 1 N–H and O–H groups in total. The summed E-state index contributed by atoms with van der Waals surface area (Å²) >= 11 is 3.53. The Labute approximate surface area is 109 Å². The van der Waals surface area contributed by atoms with Crippen molar-refractivity contribution in [2.45, 2.75) is 25.7 Å². The van der Waals surface area contributed by atoms with Crippen LogP contribution in [-0.2, 0) is 0 Å². The summed E-state index contributed by atoms with van der Waals surface area (Å²) in [6.07, 6.45) is 2.26. The van der Waals surface area contributed by atoms with Gasteiger partial charge >= 0.3 is 0 Å². The molecule has 0 atom stereocenters. The van der Waals surface area contributed by atoms with Gasteiger partial charge in [-0.15, -0.1) is 5.10 Å². The van der Waals surface area contributed by atoms with Crippen LogP contribution in [0.25, 0.3) is 5.65 Å². The maximum atomic E-state index is 4.65. The van der Waals surface area contributed by atoms with E-state index in [1.54, 1.807) is 0 Å². The number of nitrogens with one attached hydrogen (secondary N) is 1. The summed E-state index contributed by atoms with van der Waals surface area (Å²) in [6.45, 7) is 4.21. The van der Waals surface area contributed by atoms with Crippen molar-refractivity contribution in [1.29, 1.82) is 0 Å². The zero-order valence-electron chi connectivity index (χ0n) is 9.78. The van der Waals surface area contributed by atoms with E-state index in [9.17, 15) is 0 Å². The summed E-state index contributed by atoms with van der Waals surface area (Å²) in [7, 11) is 0. The molecule has 0 radical (unpaired) electrons. The summed E-state index contributed by atoms with van der Waals surface area (Å²) in [4.78, 5) is 4.65. The summed E-state index contributed by atoms with van der Waals surface area (Å²) in [5.41, 5.74) is 2.14. The molecule has 3 heterocycles. The van der Waals surface area contributed by atoms with Crippen molar-refractivity contribution in [2.75, 3.05) is 13.1 Å². The molecule has 0 unspecified atom stereocenters. The average molecular weight is 295 g/mol. The molecule has 1 saturated heterocycles. The summed E-state index contributed by atoms with van der Waals surface area (Å²) < 4.78 is 2.85. The first-order chi connectivity index (χ1) is 8.24. The average Bonchev–Trinajstić information content (AvgIpc) is 2.74. The molecule has 90 valence electrons. The predicted octanol–water partition coefficient (Wildman–Crippen LogP) is 2.27. The van der Waals surface area contributed by atoms with Gasteiger partial charge in [-0.05, 0) is 66.5 Å². The van der Waals surface area contributed by atoms with Crippen LogP contribution in [0.15, 0.2) is 16.7 Å². The molecule has 0 aliphatic carbocycles. The van der Waals surface area contributed by atoms with Crippen molar-refractivity contribution in [1.82, 2.24) is 19.9 Å². The Morgan fingerprint density at radius 2 is 2.12 bits per heavy atom. The van der Waals surface area contributed by atoms with E-state index < -0.39 is 0 Å². The van der Waals surface area contributed by atoms with Gasteiger partial charge in [-0.2, -0.15) is 0 Å². The minimum absolute atomic E-state index is 0.503. The van der Waals surface area contributed by atoms with E-state index in [0.29, 0.717) is 5.92 Å². The highest BCUT2D eigenvalue weighted by molar-refractivity contribution is 9.10. The van der Waals surface area contributed by atoms with Crippen LogP contribution in [0.1, 0.15) is 30.1 Å². The van der Waals surface area contributed by atoms with Gasteiger partial charge < -0.3 is 5.32 Å². The molecule has 5 heteroatoms. The highest BCUT2D eigenvalue weighted by Gasteiger charge is 2.20. The second kappa shape index (κ2) is 4.38. The number of aromatic nitrogens is 3. The fourth-order valence-corrected chi connectivity index (χ4v) is 2.96. The second-order valence-electron chi connectivity index (χ2n) is 4.62. The number of pyridine rings is 1. The molecule has 0 spiro atoms. The highest BCUT2D eigenvalue weighted by Crippen LogP contribution is 2.24. The molecule has 3 rings (SSSR count). The smallest absolute Gasteiger partial charge is 0.157 e. The Morgan fingerprint density at radius 3 is 2.88 bits per heavy atom. The Morgan fingerprint density at radius 1 is 1.35 bits per heavy atom. The first-order valence-corrected chi connectivity index (χ1v) is 6.77. The van der Waals surface area contributed by atoms with Crippen molar-refractivity contribution >= 4 is 21.6 Å². The van der Waals surface area contributed by atoms with Crippen LogP contribution in [0.3, 0.4) is 0 Å². The monoisotopic (exact) mass is 294 g/mol. The predicted molar refractivity (Wildman–Crippen MR) is 70.3 cm³/mol. The van der Waals surface area contributed by atoms with Crippen molar-refractivity contribution in [2.24, 2.45) is 0 Å². The molecular formula is C12H15BrN4. The molecule has 2 aromatic heterocycles. The summed E-state index contributed by atoms with van der Waals surface area (Å²) in [6, 6.07) is 4.14. The van der Waals surface area contributed by atoms with Gasteiger partial charge in [0.05, 0.1) is 0 Å². The van der Waals surface area contributed by atoms with Gasteiger partial charge in [-0.3, -0.25) is 0 Å². The first-order valence-electron chi connectivity index (χ1n) is 5.97. The van der Waals surface area contributed by atoms with Crippen molar-refractivity contribution < 1.29 is 0 Å². The molecule has 0 amide bonds. The minimum atomic E-state index is 0.503. The maximum Gasteiger partial charge on any atom is 0.157 e. The number of fused-ring (bicyclic) bond motifs is 1. The van der Waals surface area contributed by atoms with Crippen LogP contribution >= 0.6 is 15.9 Å². The summed E-state index contributed by atoms with van der Waals surface area (Å²) in [5.74, 6) is 1.49. The van der Waals surface area contributed by atoms with Crippen LogP contribution < -0.4 is 5.32 Å². The number of nitrogens with zero attached hydrogens (tertiary/aromatic N) is 3. The lowest BCUT2D eigenvalue weighted by Crippen LogP contribution is -2.27. The largest absolute Gasteiger partial charge is 0.317 e. The molecule has 1 aliphatic heterocycles. The molecule has 0 bridgehead atoms. The van der Waals surface area contributed by atoms with Crippen molar-refractivity contribution in [3.05, 3.63) is 28.1 Å². The number of piperidine rings is 1. The number of halogens is 1. The van der Waals surface area contributed by atoms with Gasteiger partial charge in [-0.25, -0.2) is 9.50 Å². The number of hydrogen-bond acceptors (Lipinski definition) is 3. The van der Waals surface area contributed by atoms with Gasteiger partial charge in [0.1, 0.15) is 4.60 Å². The van der Waals surface area contributed by atoms with Gasteiger partial charge in [0, 0.05) is 5.92 Å². The molecule has 1 aliphatic rings. The van der Waals surface area contributed by atoms with E-state index in [-0.39, 0.29) is 0 Å².